The van der Waals surface area contributed by atoms with Crippen molar-refractivity contribution in [2.45, 2.75) is 71.5 Å². The molecule has 2 amide bonds. The normalized spacial score (nSPS) is 12.9. The summed E-state index contributed by atoms with van der Waals surface area (Å²) in [6, 6.07) is 22.2. The molecule has 0 radical (unpaired) electrons. The number of rotatable bonds is 11. The first kappa shape index (κ1) is 30.7. The van der Waals surface area contributed by atoms with Crippen LogP contribution in [0.3, 0.4) is 0 Å². The van der Waals surface area contributed by atoms with Crippen molar-refractivity contribution in [3.05, 3.63) is 99.0 Å². The van der Waals surface area contributed by atoms with Gasteiger partial charge in [-0.15, -0.1) is 0 Å². The first-order valence-corrected chi connectivity index (χ1v) is 14.5. The maximum absolute atomic E-state index is 13.8. The number of nitrogens with one attached hydrogen (secondary N) is 1. The Balaban J connectivity index is 1.92. The minimum Gasteiger partial charge on any atom is -0.483 e. The van der Waals surface area contributed by atoms with Gasteiger partial charge in [0.15, 0.2) is 6.61 Å². The van der Waals surface area contributed by atoms with E-state index in [1.54, 1.807) is 11.0 Å². The van der Waals surface area contributed by atoms with Gasteiger partial charge in [-0.2, -0.15) is 0 Å². The van der Waals surface area contributed by atoms with E-state index in [4.69, 9.17) is 16.3 Å². The van der Waals surface area contributed by atoms with Crippen molar-refractivity contribution < 1.29 is 14.3 Å². The van der Waals surface area contributed by atoms with Crippen molar-refractivity contribution in [2.24, 2.45) is 0 Å². The van der Waals surface area contributed by atoms with Crippen LogP contribution >= 0.6 is 27.5 Å². The van der Waals surface area contributed by atoms with E-state index >= 15 is 0 Å². The first-order valence-electron chi connectivity index (χ1n) is 13.3. The van der Waals surface area contributed by atoms with Crippen LogP contribution in [0, 0.1) is 0 Å². The Hall–Kier alpha value is -2.83. The molecule has 208 valence electrons. The number of nitrogens with zero attached hydrogens (tertiary/aromatic N) is 1. The van der Waals surface area contributed by atoms with Crippen LogP contribution in [-0.4, -0.2) is 35.4 Å². The molecule has 0 saturated carbocycles. The van der Waals surface area contributed by atoms with Crippen LogP contribution in [-0.2, 0) is 28.0 Å². The summed E-state index contributed by atoms with van der Waals surface area (Å²) in [7, 11) is 0. The number of hydrogen-bond donors (Lipinski definition) is 1. The lowest BCUT2D eigenvalue weighted by molar-refractivity contribution is -0.143. The van der Waals surface area contributed by atoms with Crippen LogP contribution in [0.2, 0.25) is 5.02 Å². The van der Waals surface area contributed by atoms with Crippen LogP contribution in [0.15, 0.2) is 77.3 Å². The summed E-state index contributed by atoms with van der Waals surface area (Å²) >= 11 is 9.85. The monoisotopic (exact) mass is 612 g/mol. The minimum atomic E-state index is -0.733. The van der Waals surface area contributed by atoms with Gasteiger partial charge in [-0.1, -0.05) is 87.8 Å². The molecule has 1 N–H and O–H groups in total. The lowest BCUT2D eigenvalue weighted by atomic mass is 9.87. The maximum atomic E-state index is 13.8. The molecule has 0 aromatic heterocycles. The highest BCUT2D eigenvalue weighted by molar-refractivity contribution is 9.10. The number of ether oxygens (including phenoxy) is 1. The molecule has 39 heavy (non-hydrogen) atoms. The standard InChI is InChI=1S/C32H38BrClN2O3/c1-6-22(2)35-31(38)28(18-23-11-8-7-9-12-23)36(20-24-13-10-14-26(34)17-24)30(37)21-39-29-16-15-25(19-27(29)33)32(3,4)5/h7-17,19,22,28H,6,18,20-21H2,1-5H3,(H,35,38)/t22-,28-/m0/s1. The molecule has 0 bridgehead atoms. The molecule has 5 nitrogen and oxygen atoms in total. The van der Waals surface area contributed by atoms with E-state index in [-0.39, 0.29) is 36.4 Å². The quantitative estimate of drug-likeness (QED) is 0.246. The first-order chi connectivity index (χ1) is 18.5. The zero-order chi connectivity index (χ0) is 28.6. The van der Waals surface area contributed by atoms with Gasteiger partial charge in [0, 0.05) is 24.0 Å². The van der Waals surface area contributed by atoms with Gasteiger partial charge in [0.25, 0.3) is 5.91 Å². The Labute approximate surface area is 246 Å². The predicted molar refractivity (Wildman–Crippen MR) is 162 cm³/mol. The van der Waals surface area contributed by atoms with Crippen LogP contribution in [0.4, 0.5) is 0 Å². The number of amides is 2. The van der Waals surface area contributed by atoms with E-state index in [0.717, 1.165) is 27.6 Å². The van der Waals surface area contributed by atoms with Crippen LogP contribution in [0.5, 0.6) is 5.75 Å². The summed E-state index contributed by atoms with van der Waals surface area (Å²) < 4.78 is 6.77. The summed E-state index contributed by atoms with van der Waals surface area (Å²) in [5.74, 6) is 0.0871. The Kier molecular flexibility index (Phi) is 11.0. The molecule has 3 rings (SSSR count). The average molecular weight is 614 g/mol. The summed E-state index contributed by atoms with van der Waals surface area (Å²) in [5, 5.41) is 3.65. The second kappa shape index (κ2) is 14.0. The molecule has 3 aromatic carbocycles. The lowest BCUT2D eigenvalue weighted by Gasteiger charge is -2.32. The third-order valence-electron chi connectivity index (χ3n) is 6.66. The summed E-state index contributed by atoms with van der Waals surface area (Å²) in [4.78, 5) is 29.0. The maximum Gasteiger partial charge on any atom is 0.261 e. The summed E-state index contributed by atoms with van der Waals surface area (Å²) in [5.41, 5.74) is 2.94. The van der Waals surface area contributed by atoms with Crippen molar-refractivity contribution in [3.63, 3.8) is 0 Å². The van der Waals surface area contributed by atoms with Gasteiger partial charge in [-0.05, 0) is 75.6 Å². The zero-order valence-corrected chi connectivity index (χ0v) is 25.7. The summed E-state index contributed by atoms with van der Waals surface area (Å²) in [6.07, 6.45) is 1.16. The molecular weight excluding hydrogens is 576 g/mol. The highest BCUT2D eigenvalue weighted by atomic mass is 79.9. The second-order valence-electron chi connectivity index (χ2n) is 10.9. The fraction of sp³-hybridized carbons (Fsp3) is 0.375. The number of carbonyl (C=O) groups excluding carboxylic acids is 2. The topological polar surface area (TPSA) is 58.6 Å². The van der Waals surface area contributed by atoms with E-state index in [1.807, 2.05) is 80.6 Å². The highest BCUT2D eigenvalue weighted by Gasteiger charge is 2.31. The Bertz CT molecular complexity index is 1260. The molecule has 2 atom stereocenters. The van der Waals surface area contributed by atoms with Crippen molar-refractivity contribution in [3.8, 4) is 5.75 Å². The third kappa shape index (κ3) is 9.11. The largest absolute Gasteiger partial charge is 0.483 e. The van der Waals surface area contributed by atoms with E-state index in [1.165, 1.54) is 0 Å². The van der Waals surface area contributed by atoms with Crippen molar-refractivity contribution in [1.82, 2.24) is 10.2 Å². The molecule has 3 aromatic rings. The van der Waals surface area contributed by atoms with Crippen molar-refractivity contribution >= 4 is 39.3 Å². The fourth-order valence-electron chi connectivity index (χ4n) is 4.13. The Morgan fingerprint density at radius 3 is 2.31 bits per heavy atom. The molecule has 7 heteroatoms. The molecule has 0 aliphatic heterocycles. The van der Waals surface area contributed by atoms with Crippen molar-refractivity contribution in [2.75, 3.05) is 6.61 Å². The smallest absolute Gasteiger partial charge is 0.261 e. The lowest BCUT2D eigenvalue weighted by Crippen LogP contribution is -2.53. The van der Waals surface area contributed by atoms with E-state index in [0.29, 0.717) is 17.2 Å². The number of carbonyl (C=O) groups is 2. The van der Waals surface area contributed by atoms with Crippen molar-refractivity contribution in [1.29, 1.82) is 0 Å². The molecule has 0 spiro atoms. The SMILES string of the molecule is CC[C@H](C)NC(=O)[C@H](Cc1ccccc1)N(Cc1cccc(Cl)c1)C(=O)COc1ccc(C(C)(C)C)cc1Br. The van der Waals surface area contributed by atoms with Crippen LogP contribution in [0.1, 0.15) is 57.7 Å². The number of benzene rings is 3. The molecule has 0 aliphatic rings. The molecule has 0 unspecified atom stereocenters. The van der Waals surface area contributed by atoms with Gasteiger partial charge in [0.1, 0.15) is 11.8 Å². The Morgan fingerprint density at radius 1 is 1.00 bits per heavy atom. The van der Waals surface area contributed by atoms with Gasteiger partial charge in [0.05, 0.1) is 4.47 Å². The van der Waals surface area contributed by atoms with Gasteiger partial charge >= 0.3 is 0 Å². The van der Waals surface area contributed by atoms with Gasteiger partial charge in [0.2, 0.25) is 5.91 Å². The molecule has 0 aliphatic carbocycles. The average Bonchev–Trinajstić information content (AvgIpc) is 2.89. The zero-order valence-electron chi connectivity index (χ0n) is 23.3. The fourth-order valence-corrected chi connectivity index (χ4v) is 4.84. The number of hydrogen-bond acceptors (Lipinski definition) is 3. The van der Waals surface area contributed by atoms with Gasteiger partial charge in [-0.25, -0.2) is 0 Å². The number of halogens is 2. The van der Waals surface area contributed by atoms with Crippen LogP contribution in [0.25, 0.3) is 0 Å². The predicted octanol–water partition coefficient (Wildman–Crippen LogP) is 7.33. The highest BCUT2D eigenvalue weighted by Crippen LogP contribution is 2.31. The van der Waals surface area contributed by atoms with E-state index in [2.05, 4.69) is 42.0 Å². The van der Waals surface area contributed by atoms with E-state index < -0.39 is 6.04 Å². The van der Waals surface area contributed by atoms with Gasteiger partial charge < -0.3 is 15.0 Å². The summed E-state index contributed by atoms with van der Waals surface area (Å²) in [6.45, 7) is 10.4. The molecule has 0 heterocycles. The molecular formula is C32H38BrClN2O3. The van der Waals surface area contributed by atoms with E-state index in [9.17, 15) is 9.59 Å². The minimum absolute atomic E-state index is 0.0156. The van der Waals surface area contributed by atoms with Crippen LogP contribution < -0.4 is 10.1 Å². The Morgan fingerprint density at radius 2 is 1.69 bits per heavy atom. The second-order valence-corrected chi connectivity index (χ2v) is 12.1. The third-order valence-corrected chi connectivity index (χ3v) is 7.52. The molecule has 0 fully saturated rings. The van der Waals surface area contributed by atoms with Gasteiger partial charge in [-0.3, -0.25) is 9.59 Å². The molecule has 0 saturated heterocycles.